The van der Waals surface area contributed by atoms with Crippen LogP contribution in [0, 0.1) is 6.92 Å². The summed E-state index contributed by atoms with van der Waals surface area (Å²) in [5, 5.41) is 4.29. The van der Waals surface area contributed by atoms with Crippen LogP contribution in [0.2, 0.25) is 5.02 Å². The van der Waals surface area contributed by atoms with Crippen LogP contribution in [-0.2, 0) is 6.42 Å². The number of fused-ring (bicyclic) bond motifs is 1. The van der Waals surface area contributed by atoms with Crippen LogP contribution < -0.4 is 5.32 Å². The van der Waals surface area contributed by atoms with E-state index in [0.29, 0.717) is 6.04 Å². The number of anilines is 1. The molecule has 0 aromatic heterocycles. The first-order chi connectivity index (χ1) is 5.66. The van der Waals surface area contributed by atoms with Gasteiger partial charge in [-0.3, -0.25) is 0 Å². The Morgan fingerprint density at radius 2 is 2.25 bits per heavy atom. The average Bonchev–Trinajstić information content (AvgIpc) is 2.30. The number of aryl methyl sites for hydroxylation is 1. The molecule has 1 aromatic rings. The number of halogens is 1. The standard InChI is InChI=1S/C10H12ClN/c1-6-3-10-8(5-9(6)11)4-7(2)12-10/h3,5,7,12H,4H2,1-2H3. The van der Waals surface area contributed by atoms with Gasteiger partial charge in [-0.05, 0) is 43.5 Å². The van der Waals surface area contributed by atoms with Crippen molar-refractivity contribution in [2.24, 2.45) is 0 Å². The monoisotopic (exact) mass is 181 g/mol. The van der Waals surface area contributed by atoms with Crippen LogP contribution in [0.25, 0.3) is 0 Å². The van der Waals surface area contributed by atoms with Crippen molar-refractivity contribution in [3.63, 3.8) is 0 Å². The van der Waals surface area contributed by atoms with Gasteiger partial charge in [-0.15, -0.1) is 0 Å². The molecule has 0 radical (unpaired) electrons. The van der Waals surface area contributed by atoms with E-state index in [0.717, 1.165) is 17.0 Å². The SMILES string of the molecule is Cc1cc2c(cc1Cl)CC(C)N2. The fourth-order valence-electron chi connectivity index (χ4n) is 1.67. The predicted molar refractivity (Wildman–Crippen MR) is 53.0 cm³/mol. The molecule has 0 amide bonds. The zero-order valence-electron chi connectivity index (χ0n) is 7.32. The molecule has 1 nitrogen and oxygen atoms in total. The predicted octanol–water partition coefficient (Wildman–Crippen LogP) is 3.00. The van der Waals surface area contributed by atoms with E-state index >= 15 is 0 Å². The second kappa shape index (κ2) is 2.67. The molecule has 0 saturated carbocycles. The van der Waals surface area contributed by atoms with Crippen LogP contribution >= 0.6 is 11.6 Å². The zero-order chi connectivity index (χ0) is 8.72. The minimum atomic E-state index is 0.554. The fraction of sp³-hybridized carbons (Fsp3) is 0.400. The van der Waals surface area contributed by atoms with Crippen LogP contribution in [0.3, 0.4) is 0 Å². The van der Waals surface area contributed by atoms with Gasteiger partial charge in [0.25, 0.3) is 0 Å². The van der Waals surface area contributed by atoms with E-state index in [1.54, 1.807) is 0 Å². The molecule has 0 aliphatic carbocycles. The summed E-state index contributed by atoms with van der Waals surface area (Å²) in [6, 6.07) is 4.75. The molecule has 64 valence electrons. The molecule has 1 atom stereocenters. The van der Waals surface area contributed by atoms with E-state index in [9.17, 15) is 0 Å². The van der Waals surface area contributed by atoms with Crippen molar-refractivity contribution in [3.8, 4) is 0 Å². The summed E-state index contributed by atoms with van der Waals surface area (Å²) in [5.74, 6) is 0. The molecule has 2 heteroatoms. The summed E-state index contributed by atoms with van der Waals surface area (Å²) >= 11 is 6.01. The summed E-state index contributed by atoms with van der Waals surface area (Å²) < 4.78 is 0. The summed E-state index contributed by atoms with van der Waals surface area (Å²) in [7, 11) is 0. The lowest BCUT2D eigenvalue weighted by atomic mass is 10.1. The lowest BCUT2D eigenvalue weighted by Crippen LogP contribution is -2.08. The Morgan fingerprint density at radius 3 is 3.00 bits per heavy atom. The highest BCUT2D eigenvalue weighted by Gasteiger charge is 2.17. The first-order valence-electron chi connectivity index (χ1n) is 4.22. The third-order valence-electron chi connectivity index (χ3n) is 2.31. The smallest absolute Gasteiger partial charge is 0.0439 e. The van der Waals surface area contributed by atoms with Crippen LogP contribution in [0.1, 0.15) is 18.1 Å². The Bertz CT molecular complexity index is 289. The van der Waals surface area contributed by atoms with Gasteiger partial charge in [0, 0.05) is 16.8 Å². The fourth-order valence-corrected chi connectivity index (χ4v) is 1.86. The van der Waals surface area contributed by atoms with Crippen molar-refractivity contribution in [1.29, 1.82) is 0 Å². The summed E-state index contributed by atoms with van der Waals surface area (Å²) in [6.07, 6.45) is 1.09. The van der Waals surface area contributed by atoms with Gasteiger partial charge in [0.1, 0.15) is 0 Å². The van der Waals surface area contributed by atoms with Crippen LogP contribution in [0.5, 0.6) is 0 Å². The first-order valence-corrected chi connectivity index (χ1v) is 4.60. The topological polar surface area (TPSA) is 12.0 Å². The van der Waals surface area contributed by atoms with Crippen LogP contribution in [0.15, 0.2) is 12.1 Å². The molecule has 1 aliphatic heterocycles. The van der Waals surface area contributed by atoms with Gasteiger partial charge >= 0.3 is 0 Å². The van der Waals surface area contributed by atoms with Crippen molar-refractivity contribution in [1.82, 2.24) is 0 Å². The molecule has 2 rings (SSSR count). The highest BCUT2D eigenvalue weighted by Crippen LogP contribution is 2.30. The van der Waals surface area contributed by atoms with E-state index in [2.05, 4.69) is 24.4 Å². The average molecular weight is 182 g/mol. The van der Waals surface area contributed by atoms with Gasteiger partial charge in [-0.25, -0.2) is 0 Å². The lowest BCUT2D eigenvalue weighted by molar-refractivity contribution is 0.839. The second-order valence-corrected chi connectivity index (χ2v) is 3.92. The quantitative estimate of drug-likeness (QED) is 0.649. The molecule has 0 fully saturated rings. The highest BCUT2D eigenvalue weighted by atomic mass is 35.5. The van der Waals surface area contributed by atoms with E-state index in [-0.39, 0.29) is 0 Å². The van der Waals surface area contributed by atoms with Crippen molar-refractivity contribution < 1.29 is 0 Å². The highest BCUT2D eigenvalue weighted by molar-refractivity contribution is 6.31. The number of benzene rings is 1. The van der Waals surface area contributed by atoms with Crippen LogP contribution in [0.4, 0.5) is 5.69 Å². The van der Waals surface area contributed by atoms with Gasteiger partial charge in [0.2, 0.25) is 0 Å². The Balaban J connectivity index is 2.48. The summed E-state index contributed by atoms with van der Waals surface area (Å²) in [5.41, 5.74) is 3.75. The lowest BCUT2D eigenvalue weighted by Gasteiger charge is -2.03. The Hall–Kier alpha value is -0.690. The molecular formula is C10H12ClN. The largest absolute Gasteiger partial charge is 0.382 e. The molecular weight excluding hydrogens is 170 g/mol. The maximum absolute atomic E-state index is 6.01. The number of rotatable bonds is 0. The van der Waals surface area contributed by atoms with Crippen molar-refractivity contribution in [2.75, 3.05) is 5.32 Å². The maximum Gasteiger partial charge on any atom is 0.0439 e. The molecule has 12 heavy (non-hydrogen) atoms. The van der Waals surface area contributed by atoms with Crippen molar-refractivity contribution in [3.05, 3.63) is 28.3 Å². The Kier molecular flexibility index (Phi) is 1.76. The van der Waals surface area contributed by atoms with Crippen LogP contribution in [-0.4, -0.2) is 6.04 Å². The van der Waals surface area contributed by atoms with E-state index < -0.39 is 0 Å². The molecule has 1 unspecified atom stereocenters. The minimum Gasteiger partial charge on any atom is -0.382 e. The number of hydrogen-bond donors (Lipinski definition) is 1. The zero-order valence-corrected chi connectivity index (χ0v) is 8.07. The second-order valence-electron chi connectivity index (χ2n) is 3.51. The van der Waals surface area contributed by atoms with Crippen molar-refractivity contribution >= 4 is 17.3 Å². The molecule has 1 aromatic carbocycles. The van der Waals surface area contributed by atoms with Crippen molar-refractivity contribution in [2.45, 2.75) is 26.3 Å². The molecule has 0 spiro atoms. The van der Waals surface area contributed by atoms with Gasteiger partial charge < -0.3 is 5.32 Å². The Morgan fingerprint density at radius 1 is 1.50 bits per heavy atom. The van der Waals surface area contributed by atoms with Gasteiger partial charge in [-0.1, -0.05) is 11.6 Å². The summed E-state index contributed by atoms with van der Waals surface area (Å²) in [6.45, 7) is 4.22. The van der Waals surface area contributed by atoms with Gasteiger partial charge in [-0.2, -0.15) is 0 Å². The van der Waals surface area contributed by atoms with Gasteiger partial charge in [0.15, 0.2) is 0 Å². The normalized spacial score (nSPS) is 20.4. The molecule has 0 bridgehead atoms. The van der Waals surface area contributed by atoms with E-state index in [4.69, 9.17) is 11.6 Å². The first kappa shape index (κ1) is 7.93. The number of nitrogens with one attached hydrogen (secondary N) is 1. The third kappa shape index (κ3) is 1.18. The van der Waals surface area contributed by atoms with E-state index in [1.165, 1.54) is 11.3 Å². The maximum atomic E-state index is 6.01. The summed E-state index contributed by atoms with van der Waals surface area (Å²) in [4.78, 5) is 0. The minimum absolute atomic E-state index is 0.554. The number of hydrogen-bond acceptors (Lipinski definition) is 1. The Labute approximate surface area is 77.7 Å². The van der Waals surface area contributed by atoms with E-state index in [1.807, 2.05) is 6.92 Å². The molecule has 1 heterocycles. The molecule has 1 aliphatic rings. The third-order valence-corrected chi connectivity index (χ3v) is 2.72. The molecule has 0 saturated heterocycles. The molecule has 1 N–H and O–H groups in total. The van der Waals surface area contributed by atoms with Gasteiger partial charge in [0.05, 0.1) is 0 Å².